The van der Waals surface area contributed by atoms with E-state index in [1.54, 1.807) is 6.07 Å². The maximum atomic E-state index is 9.36. The van der Waals surface area contributed by atoms with Gasteiger partial charge in [-0.15, -0.1) is 0 Å². The van der Waals surface area contributed by atoms with Gasteiger partial charge in [-0.1, -0.05) is 30.9 Å². The van der Waals surface area contributed by atoms with Crippen LogP contribution in [0.5, 0.6) is 0 Å². The lowest BCUT2D eigenvalue weighted by atomic mass is 9.93. The fourth-order valence-electron chi connectivity index (χ4n) is 2.97. The summed E-state index contributed by atoms with van der Waals surface area (Å²) in [6.45, 7) is 0.656. The van der Waals surface area contributed by atoms with E-state index in [4.69, 9.17) is 22.7 Å². The molecule has 0 heterocycles. The lowest BCUT2D eigenvalue weighted by Crippen LogP contribution is -2.40. The van der Waals surface area contributed by atoms with Gasteiger partial charge < -0.3 is 15.7 Å². The highest BCUT2D eigenvalue weighted by atomic mass is 35.5. The number of rotatable bonds is 5. The molecule has 110 valence electrons. The van der Waals surface area contributed by atoms with Crippen LogP contribution < -0.4 is 10.6 Å². The number of nitrogen functional groups attached to an aromatic ring is 1. The van der Waals surface area contributed by atoms with Gasteiger partial charge >= 0.3 is 0 Å². The summed E-state index contributed by atoms with van der Waals surface area (Å²) in [5.41, 5.74) is 7.24. The lowest BCUT2D eigenvalue weighted by Gasteiger charge is -2.37. The fourth-order valence-corrected chi connectivity index (χ4v) is 3.15. The summed E-state index contributed by atoms with van der Waals surface area (Å²) < 4.78 is 0. The zero-order chi connectivity index (χ0) is 14.5. The third-order valence-electron chi connectivity index (χ3n) is 3.91. The van der Waals surface area contributed by atoms with Gasteiger partial charge in [-0.05, 0) is 31.0 Å². The largest absolute Gasteiger partial charge is 0.395 e. The first-order valence-electron chi connectivity index (χ1n) is 7.15. The summed E-state index contributed by atoms with van der Waals surface area (Å²) in [6.07, 6.45) is 5.97. The number of hydrogen-bond acceptors (Lipinski definition) is 3. The molecule has 1 fully saturated rings. The Morgan fingerprint density at radius 2 is 2.05 bits per heavy atom. The molecular formula is C15H22ClN3O. The second-order valence-electron chi connectivity index (χ2n) is 5.28. The first kappa shape index (κ1) is 15.1. The minimum absolute atomic E-state index is 0.0150. The molecule has 0 saturated heterocycles. The molecule has 0 radical (unpaired) electrons. The summed E-state index contributed by atoms with van der Waals surface area (Å²) in [5, 5.41) is 17.7. The normalized spacial score (nSPS) is 16.1. The molecule has 0 atom stereocenters. The topological polar surface area (TPSA) is 73.3 Å². The number of aliphatic hydroxyl groups is 1. The Labute approximate surface area is 125 Å². The zero-order valence-corrected chi connectivity index (χ0v) is 12.4. The molecule has 4 nitrogen and oxygen atoms in total. The van der Waals surface area contributed by atoms with Crippen molar-refractivity contribution in [3.63, 3.8) is 0 Å². The van der Waals surface area contributed by atoms with E-state index in [1.165, 1.54) is 19.3 Å². The van der Waals surface area contributed by atoms with Crippen molar-refractivity contribution < 1.29 is 5.11 Å². The highest BCUT2D eigenvalue weighted by Crippen LogP contribution is 2.30. The molecule has 1 aliphatic rings. The van der Waals surface area contributed by atoms with Gasteiger partial charge in [0.25, 0.3) is 0 Å². The second kappa shape index (κ2) is 6.95. The molecule has 1 saturated carbocycles. The van der Waals surface area contributed by atoms with Crippen LogP contribution in [-0.4, -0.2) is 30.1 Å². The highest BCUT2D eigenvalue weighted by Gasteiger charge is 2.23. The average Bonchev–Trinajstić information content (AvgIpc) is 2.46. The van der Waals surface area contributed by atoms with Crippen molar-refractivity contribution in [3.05, 3.63) is 28.8 Å². The minimum Gasteiger partial charge on any atom is -0.395 e. The maximum absolute atomic E-state index is 9.36. The third kappa shape index (κ3) is 3.44. The van der Waals surface area contributed by atoms with Crippen molar-refractivity contribution in [1.29, 1.82) is 5.41 Å². The predicted molar refractivity (Wildman–Crippen MR) is 83.8 cm³/mol. The van der Waals surface area contributed by atoms with Crippen LogP contribution in [-0.2, 0) is 0 Å². The van der Waals surface area contributed by atoms with Crippen molar-refractivity contribution in [2.75, 3.05) is 18.1 Å². The Bertz CT molecular complexity index is 472. The van der Waals surface area contributed by atoms with Crippen LogP contribution in [0.1, 0.15) is 37.7 Å². The van der Waals surface area contributed by atoms with Gasteiger partial charge in [-0.25, -0.2) is 0 Å². The van der Waals surface area contributed by atoms with Gasteiger partial charge in [-0.3, -0.25) is 5.41 Å². The van der Waals surface area contributed by atoms with E-state index >= 15 is 0 Å². The molecule has 0 unspecified atom stereocenters. The molecule has 1 aliphatic carbocycles. The molecule has 20 heavy (non-hydrogen) atoms. The first-order valence-corrected chi connectivity index (χ1v) is 7.52. The Morgan fingerprint density at radius 1 is 1.35 bits per heavy atom. The summed E-state index contributed by atoms with van der Waals surface area (Å²) in [4.78, 5) is 2.19. The van der Waals surface area contributed by atoms with Crippen molar-refractivity contribution in [1.82, 2.24) is 0 Å². The minimum atomic E-state index is 0.0150. The Morgan fingerprint density at radius 3 is 2.65 bits per heavy atom. The van der Waals surface area contributed by atoms with Crippen LogP contribution in [0.4, 0.5) is 5.69 Å². The standard InChI is InChI=1S/C15H22ClN3O/c16-11-6-7-14(13(10-11)15(17)18)19(8-9-20)12-4-2-1-3-5-12/h6-7,10,12,20H,1-5,8-9H2,(H3,17,18). The van der Waals surface area contributed by atoms with Crippen molar-refractivity contribution in [3.8, 4) is 0 Å². The molecule has 0 bridgehead atoms. The lowest BCUT2D eigenvalue weighted by molar-refractivity contribution is 0.290. The molecule has 1 aromatic rings. The summed E-state index contributed by atoms with van der Waals surface area (Å²) in [6, 6.07) is 5.86. The molecule has 2 rings (SSSR count). The van der Waals surface area contributed by atoms with E-state index in [2.05, 4.69) is 4.90 Å². The molecule has 0 amide bonds. The van der Waals surface area contributed by atoms with E-state index < -0.39 is 0 Å². The molecule has 0 aromatic heterocycles. The van der Waals surface area contributed by atoms with E-state index in [0.29, 0.717) is 23.2 Å². The van der Waals surface area contributed by atoms with Crippen LogP contribution in [0.2, 0.25) is 5.02 Å². The number of anilines is 1. The number of aliphatic hydroxyl groups excluding tert-OH is 1. The van der Waals surface area contributed by atoms with Crippen molar-refractivity contribution >= 4 is 23.1 Å². The number of hydrogen-bond donors (Lipinski definition) is 3. The smallest absolute Gasteiger partial charge is 0.124 e. The number of amidine groups is 1. The first-order chi connectivity index (χ1) is 9.63. The maximum Gasteiger partial charge on any atom is 0.124 e. The van der Waals surface area contributed by atoms with E-state index in [0.717, 1.165) is 18.5 Å². The summed E-state index contributed by atoms with van der Waals surface area (Å²) in [5.74, 6) is 0.0150. The molecule has 0 spiro atoms. The third-order valence-corrected chi connectivity index (χ3v) is 4.15. The predicted octanol–water partition coefficient (Wildman–Crippen LogP) is 2.76. The number of nitrogens with zero attached hydrogens (tertiary/aromatic N) is 1. The second-order valence-corrected chi connectivity index (χ2v) is 5.72. The van der Waals surface area contributed by atoms with Gasteiger partial charge in [0.2, 0.25) is 0 Å². The van der Waals surface area contributed by atoms with Gasteiger partial charge in [-0.2, -0.15) is 0 Å². The summed E-state index contributed by atoms with van der Waals surface area (Å²) in [7, 11) is 0. The zero-order valence-electron chi connectivity index (χ0n) is 11.6. The van der Waals surface area contributed by atoms with Gasteiger partial charge in [0.15, 0.2) is 0 Å². The quantitative estimate of drug-likeness (QED) is 0.578. The number of nitrogens with two attached hydrogens (primary N) is 1. The molecule has 0 aliphatic heterocycles. The van der Waals surface area contributed by atoms with Crippen molar-refractivity contribution in [2.45, 2.75) is 38.1 Å². The molecular weight excluding hydrogens is 274 g/mol. The van der Waals surface area contributed by atoms with Crippen LogP contribution in [0.3, 0.4) is 0 Å². The van der Waals surface area contributed by atoms with Crippen LogP contribution in [0.25, 0.3) is 0 Å². The van der Waals surface area contributed by atoms with Gasteiger partial charge in [0, 0.05) is 28.9 Å². The van der Waals surface area contributed by atoms with E-state index in [9.17, 15) is 5.11 Å². The van der Waals surface area contributed by atoms with Crippen LogP contribution >= 0.6 is 11.6 Å². The SMILES string of the molecule is N=C(N)c1cc(Cl)ccc1N(CCO)C1CCCCC1. The molecule has 1 aromatic carbocycles. The summed E-state index contributed by atoms with van der Waals surface area (Å²) >= 11 is 6.01. The Balaban J connectivity index is 2.35. The number of nitrogens with one attached hydrogen (secondary N) is 1. The molecule has 4 N–H and O–H groups in total. The van der Waals surface area contributed by atoms with E-state index in [-0.39, 0.29) is 12.4 Å². The number of benzene rings is 1. The average molecular weight is 296 g/mol. The monoisotopic (exact) mass is 295 g/mol. The molecule has 5 heteroatoms. The van der Waals surface area contributed by atoms with Crippen molar-refractivity contribution in [2.24, 2.45) is 5.73 Å². The van der Waals surface area contributed by atoms with Crippen LogP contribution in [0.15, 0.2) is 18.2 Å². The van der Waals surface area contributed by atoms with Gasteiger partial charge in [0.05, 0.1) is 6.61 Å². The fraction of sp³-hybridized carbons (Fsp3) is 0.533. The highest BCUT2D eigenvalue weighted by molar-refractivity contribution is 6.31. The number of halogens is 1. The van der Waals surface area contributed by atoms with Gasteiger partial charge in [0.1, 0.15) is 5.84 Å². The Hall–Kier alpha value is -1.26. The van der Waals surface area contributed by atoms with E-state index in [1.807, 2.05) is 12.1 Å². The van der Waals surface area contributed by atoms with Crippen LogP contribution in [0, 0.1) is 5.41 Å². The Kier molecular flexibility index (Phi) is 5.26.